The molecule has 0 saturated heterocycles. The summed E-state index contributed by atoms with van der Waals surface area (Å²) in [4.78, 5) is 12.8. The molecule has 3 nitrogen and oxygen atoms in total. The van der Waals surface area contributed by atoms with Crippen LogP contribution in [0, 0.1) is 0 Å². The minimum absolute atomic E-state index is 0.295. The van der Waals surface area contributed by atoms with Crippen LogP contribution >= 0.6 is 0 Å². The van der Waals surface area contributed by atoms with Crippen molar-refractivity contribution < 1.29 is 9.53 Å². The normalized spacial score (nSPS) is 9.20. The summed E-state index contributed by atoms with van der Waals surface area (Å²) in [5.74, 6) is -0.295. The smallest absolute Gasteiger partial charge is 0.333 e. The number of carbonyl (C=O) groups is 1. The fourth-order valence-corrected chi connectivity index (χ4v) is 0.542. The number of hydrogen-bond acceptors (Lipinski definition) is 3. The molecule has 0 aromatic carbocycles. The Labute approximate surface area is 94.1 Å². The van der Waals surface area contributed by atoms with Crippen molar-refractivity contribution in [2.75, 3.05) is 26.7 Å². The van der Waals surface area contributed by atoms with Crippen LogP contribution < -0.4 is 0 Å². The highest BCUT2D eigenvalue weighted by Crippen LogP contribution is 1.91. The fraction of sp³-hybridized carbons (Fsp3) is 0.750. The van der Waals surface area contributed by atoms with E-state index < -0.39 is 0 Å². The number of ether oxygens (including phenoxy) is 1. The molecule has 0 aliphatic heterocycles. The Hall–Kier alpha value is -0.830. The van der Waals surface area contributed by atoms with Crippen molar-refractivity contribution in [3.8, 4) is 0 Å². The van der Waals surface area contributed by atoms with Gasteiger partial charge in [-0.1, -0.05) is 27.4 Å². The minimum Gasteiger partial charge on any atom is -0.462 e. The van der Waals surface area contributed by atoms with Gasteiger partial charge < -0.3 is 9.64 Å². The number of hydrogen-bond donors (Lipinski definition) is 0. The van der Waals surface area contributed by atoms with E-state index in [0.29, 0.717) is 12.2 Å². The van der Waals surface area contributed by atoms with Crippen LogP contribution in [-0.4, -0.2) is 37.6 Å². The van der Waals surface area contributed by atoms with Crippen LogP contribution in [-0.2, 0) is 9.53 Å². The van der Waals surface area contributed by atoms with Crippen molar-refractivity contribution >= 4 is 5.97 Å². The van der Waals surface area contributed by atoms with Gasteiger partial charge in [-0.25, -0.2) is 4.79 Å². The molecule has 0 aromatic heterocycles. The van der Waals surface area contributed by atoms with Gasteiger partial charge in [0.1, 0.15) is 0 Å². The predicted molar refractivity (Wildman–Crippen MR) is 64.9 cm³/mol. The second kappa shape index (κ2) is 11.2. The van der Waals surface area contributed by atoms with E-state index >= 15 is 0 Å². The molecule has 15 heavy (non-hydrogen) atoms. The highest BCUT2D eigenvalue weighted by Gasteiger charge is 1.99. The van der Waals surface area contributed by atoms with E-state index in [-0.39, 0.29) is 5.97 Å². The topological polar surface area (TPSA) is 29.5 Å². The molecule has 0 amide bonds. The molecule has 0 rings (SSSR count). The van der Waals surface area contributed by atoms with E-state index in [1.165, 1.54) is 0 Å². The van der Waals surface area contributed by atoms with E-state index in [1.807, 2.05) is 6.92 Å². The lowest BCUT2D eigenvalue weighted by Gasteiger charge is -2.07. The van der Waals surface area contributed by atoms with Gasteiger partial charge in [0.05, 0.1) is 6.61 Å². The first kappa shape index (κ1) is 16.6. The standard InChI is InChI=1S/C7H12O2.C5H13N/c1-4-5-9-7(8)6(2)3;1-4-6(3)5-2/h2,4-5H2,1,3H3;4-5H2,1-3H3. The van der Waals surface area contributed by atoms with Crippen molar-refractivity contribution in [3.63, 3.8) is 0 Å². The van der Waals surface area contributed by atoms with Crippen LogP contribution in [0.2, 0.25) is 0 Å². The first-order chi connectivity index (χ1) is 6.99. The lowest BCUT2D eigenvalue weighted by molar-refractivity contribution is -0.138. The summed E-state index contributed by atoms with van der Waals surface area (Å²) in [6, 6.07) is 0. The third-order valence-corrected chi connectivity index (χ3v) is 1.87. The summed E-state index contributed by atoms with van der Waals surface area (Å²) in [6.45, 7) is 14.2. The van der Waals surface area contributed by atoms with E-state index in [4.69, 9.17) is 4.74 Å². The summed E-state index contributed by atoms with van der Waals surface area (Å²) in [5, 5.41) is 0. The minimum atomic E-state index is -0.295. The van der Waals surface area contributed by atoms with Crippen LogP contribution in [0.1, 0.15) is 34.1 Å². The molecule has 0 aliphatic rings. The lowest BCUT2D eigenvalue weighted by Crippen LogP contribution is -2.15. The Morgan fingerprint density at radius 2 is 1.73 bits per heavy atom. The Morgan fingerprint density at radius 3 is 1.93 bits per heavy atom. The monoisotopic (exact) mass is 215 g/mol. The highest BCUT2D eigenvalue weighted by atomic mass is 16.5. The molecule has 90 valence electrons. The molecule has 0 bridgehead atoms. The second-order valence-electron chi connectivity index (χ2n) is 3.40. The number of rotatable bonds is 5. The molecule has 0 N–H and O–H groups in total. The summed E-state index contributed by atoms with van der Waals surface area (Å²) in [7, 11) is 2.11. The zero-order chi connectivity index (χ0) is 12.3. The van der Waals surface area contributed by atoms with Crippen molar-refractivity contribution in [3.05, 3.63) is 12.2 Å². The summed E-state index contributed by atoms with van der Waals surface area (Å²) < 4.78 is 4.71. The van der Waals surface area contributed by atoms with Crippen molar-refractivity contribution in [2.24, 2.45) is 0 Å². The molecule has 3 heteroatoms. The zero-order valence-corrected chi connectivity index (χ0v) is 10.8. The molecule has 0 heterocycles. The molecule has 0 saturated carbocycles. The van der Waals surface area contributed by atoms with Gasteiger partial charge in [0.25, 0.3) is 0 Å². The molecule has 0 fully saturated rings. The largest absolute Gasteiger partial charge is 0.462 e. The average molecular weight is 215 g/mol. The third kappa shape index (κ3) is 13.2. The summed E-state index contributed by atoms with van der Waals surface area (Å²) >= 11 is 0. The number of nitrogens with zero attached hydrogens (tertiary/aromatic N) is 1. The quantitative estimate of drug-likeness (QED) is 0.521. The van der Waals surface area contributed by atoms with Gasteiger partial charge in [-0.15, -0.1) is 0 Å². The number of carbonyl (C=O) groups excluding carboxylic acids is 1. The maximum absolute atomic E-state index is 10.6. The van der Waals surface area contributed by atoms with Gasteiger partial charge >= 0.3 is 5.97 Å². The lowest BCUT2D eigenvalue weighted by atomic mass is 10.4. The van der Waals surface area contributed by atoms with Crippen LogP contribution in [0.4, 0.5) is 0 Å². The van der Waals surface area contributed by atoms with Gasteiger partial charge in [0, 0.05) is 5.57 Å². The second-order valence-corrected chi connectivity index (χ2v) is 3.40. The van der Waals surface area contributed by atoms with Crippen molar-refractivity contribution in [2.45, 2.75) is 34.1 Å². The Kier molecular flexibility index (Phi) is 12.4. The maximum Gasteiger partial charge on any atom is 0.333 e. The zero-order valence-electron chi connectivity index (χ0n) is 10.8. The van der Waals surface area contributed by atoms with E-state index in [2.05, 4.69) is 32.4 Å². The highest BCUT2D eigenvalue weighted by molar-refractivity contribution is 5.86. The molecule has 0 atom stereocenters. The Balaban J connectivity index is 0. The molecular weight excluding hydrogens is 190 g/mol. The molecule has 0 spiro atoms. The SMILES string of the molecule is C=C(C)C(=O)OCCC.CCN(C)CC. The van der Waals surface area contributed by atoms with Crippen LogP contribution in [0.3, 0.4) is 0 Å². The first-order valence-corrected chi connectivity index (χ1v) is 5.50. The first-order valence-electron chi connectivity index (χ1n) is 5.50. The predicted octanol–water partition coefficient (Wildman–Crippen LogP) is 2.47. The molecule has 0 aliphatic carbocycles. The van der Waals surface area contributed by atoms with Crippen molar-refractivity contribution in [1.82, 2.24) is 4.90 Å². The molecular formula is C12H25NO2. The summed E-state index contributed by atoms with van der Waals surface area (Å²) in [6.07, 6.45) is 0.860. The van der Waals surface area contributed by atoms with Gasteiger partial charge in [-0.3, -0.25) is 0 Å². The van der Waals surface area contributed by atoms with Crippen LogP contribution in [0.5, 0.6) is 0 Å². The third-order valence-electron chi connectivity index (χ3n) is 1.87. The molecule has 0 radical (unpaired) electrons. The Bertz CT molecular complexity index is 174. The van der Waals surface area contributed by atoms with Crippen LogP contribution in [0.15, 0.2) is 12.2 Å². The van der Waals surface area contributed by atoms with Gasteiger partial charge in [0.15, 0.2) is 0 Å². The Morgan fingerprint density at radius 1 is 1.27 bits per heavy atom. The van der Waals surface area contributed by atoms with E-state index in [9.17, 15) is 4.79 Å². The molecule has 0 unspecified atom stereocenters. The van der Waals surface area contributed by atoms with E-state index in [1.54, 1.807) is 6.92 Å². The van der Waals surface area contributed by atoms with E-state index in [0.717, 1.165) is 19.5 Å². The number of esters is 1. The molecule has 0 aromatic rings. The fourth-order valence-electron chi connectivity index (χ4n) is 0.542. The van der Waals surface area contributed by atoms with Gasteiger partial charge in [0.2, 0.25) is 0 Å². The van der Waals surface area contributed by atoms with Crippen molar-refractivity contribution in [1.29, 1.82) is 0 Å². The maximum atomic E-state index is 10.6. The van der Waals surface area contributed by atoms with Gasteiger partial charge in [-0.05, 0) is 33.5 Å². The van der Waals surface area contributed by atoms with Crippen LogP contribution in [0.25, 0.3) is 0 Å². The average Bonchev–Trinajstić information content (AvgIpc) is 2.25. The summed E-state index contributed by atoms with van der Waals surface area (Å²) in [5.41, 5.74) is 0.462. The van der Waals surface area contributed by atoms with Gasteiger partial charge in [-0.2, -0.15) is 0 Å².